The number of pyridine rings is 1. The third-order valence-electron chi connectivity index (χ3n) is 2.93. The third kappa shape index (κ3) is 2.94. The van der Waals surface area contributed by atoms with Crippen LogP contribution in [0.2, 0.25) is 0 Å². The van der Waals surface area contributed by atoms with E-state index in [4.69, 9.17) is 4.42 Å². The van der Waals surface area contributed by atoms with Gasteiger partial charge in [-0.2, -0.15) is 0 Å². The maximum Gasteiger partial charge on any atom is 0.120 e. The summed E-state index contributed by atoms with van der Waals surface area (Å²) in [7, 11) is 0. The van der Waals surface area contributed by atoms with Crippen molar-refractivity contribution in [3.63, 3.8) is 0 Å². The van der Waals surface area contributed by atoms with Crippen molar-refractivity contribution >= 4 is 0 Å². The van der Waals surface area contributed by atoms with E-state index in [-0.39, 0.29) is 12.1 Å². The van der Waals surface area contributed by atoms with Crippen LogP contribution in [0.4, 0.5) is 0 Å². The molecular weight excluding hydrogens is 212 g/mol. The molecule has 1 unspecified atom stereocenters. The summed E-state index contributed by atoms with van der Waals surface area (Å²) in [6.07, 6.45) is 6.40. The topological polar surface area (TPSA) is 38.1 Å². The van der Waals surface area contributed by atoms with Crippen LogP contribution in [-0.4, -0.2) is 4.98 Å². The van der Waals surface area contributed by atoms with E-state index in [0.29, 0.717) is 0 Å². The first-order valence-electron chi connectivity index (χ1n) is 6.00. The van der Waals surface area contributed by atoms with Crippen LogP contribution in [0.15, 0.2) is 47.3 Å². The molecule has 2 aromatic rings. The molecule has 0 aliphatic heterocycles. The molecule has 2 atom stereocenters. The molecule has 17 heavy (non-hydrogen) atoms. The largest absolute Gasteiger partial charge is 0.468 e. The van der Waals surface area contributed by atoms with Crippen molar-refractivity contribution in [2.24, 2.45) is 0 Å². The minimum absolute atomic E-state index is 0.250. The Hall–Kier alpha value is -1.61. The number of nitrogens with zero attached hydrogens (tertiary/aromatic N) is 1. The number of furan rings is 1. The Morgan fingerprint density at radius 1 is 1.35 bits per heavy atom. The highest BCUT2D eigenvalue weighted by Crippen LogP contribution is 2.21. The van der Waals surface area contributed by atoms with Crippen molar-refractivity contribution in [2.45, 2.75) is 32.4 Å². The number of nitrogens with one attached hydrogen (secondary N) is 1. The molecular formula is C14H18N2O. The minimum Gasteiger partial charge on any atom is -0.468 e. The molecule has 0 spiro atoms. The monoisotopic (exact) mass is 230 g/mol. The van der Waals surface area contributed by atoms with E-state index in [0.717, 1.165) is 12.2 Å². The Morgan fingerprint density at radius 2 is 2.24 bits per heavy atom. The van der Waals surface area contributed by atoms with Crippen LogP contribution in [0.1, 0.15) is 43.7 Å². The van der Waals surface area contributed by atoms with Crippen LogP contribution in [0.25, 0.3) is 0 Å². The van der Waals surface area contributed by atoms with Crippen molar-refractivity contribution in [3.8, 4) is 0 Å². The maximum absolute atomic E-state index is 5.45. The first kappa shape index (κ1) is 11.9. The zero-order valence-corrected chi connectivity index (χ0v) is 10.3. The Morgan fingerprint density at radius 3 is 2.82 bits per heavy atom. The lowest BCUT2D eigenvalue weighted by molar-refractivity contribution is 0.376. The number of aromatic nitrogens is 1. The number of rotatable bonds is 5. The van der Waals surface area contributed by atoms with Gasteiger partial charge >= 0.3 is 0 Å². The van der Waals surface area contributed by atoms with Crippen LogP contribution in [-0.2, 0) is 0 Å². The summed E-state index contributed by atoms with van der Waals surface area (Å²) in [6, 6.07) is 8.49. The lowest BCUT2D eigenvalue weighted by Crippen LogP contribution is -2.23. The Bertz CT molecular complexity index is 425. The summed E-state index contributed by atoms with van der Waals surface area (Å²) in [5.74, 6) is 0.989. The van der Waals surface area contributed by atoms with Gasteiger partial charge in [0.2, 0.25) is 0 Å². The Labute approximate surface area is 102 Å². The Balaban J connectivity index is 2.05. The van der Waals surface area contributed by atoms with Crippen molar-refractivity contribution in [2.75, 3.05) is 0 Å². The summed E-state index contributed by atoms with van der Waals surface area (Å²) < 4.78 is 5.45. The van der Waals surface area contributed by atoms with Gasteiger partial charge in [0.1, 0.15) is 5.76 Å². The van der Waals surface area contributed by atoms with E-state index in [1.807, 2.05) is 24.4 Å². The minimum atomic E-state index is 0.250. The van der Waals surface area contributed by atoms with Gasteiger partial charge in [0, 0.05) is 18.4 Å². The standard InChI is InChI=1S/C14H18N2O/c1-3-13(14-7-5-9-17-14)16-11(2)12-6-4-8-15-10-12/h4-11,13,16H,3H2,1-2H3/t11-,13?/m0/s1. The molecule has 0 radical (unpaired) electrons. The van der Waals surface area contributed by atoms with Gasteiger partial charge in [-0.05, 0) is 37.1 Å². The highest BCUT2D eigenvalue weighted by atomic mass is 16.3. The van der Waals surface area contributed by atoms with Crippen molar-refractivity contribution in [1.82, 2.24) is 10.3 Å². The predicted molar refractivity (Wildman–Crippen MR) is 67.5 cm³/mol. The van der Waals surface area contributed by atoms with Gasteiger partial charge in [0.15, 0.2) is 0 Å². The van der Waals surface area contributed by atoms with Crippen LogP contribution in [0.3, 0.4) is 0 Å². The summed E-state index contributed by atoms with van der Waals surface area (Å²) in [5, 5.41) is 3.55. The van der Waals surface area contributed by atoms with Crippen LogP contribution in [0.5, 0.6) is 0 Å². The van der Waals surface area contributed by atoms with E-state index < -0.39 is 0 Å². The van der Waals surface area contributed by atoms with Crippen LogP contribution < -0.4 is 5.32 Å². The van der Waals surface area contributed by atoms with Gasteiger partial charge in [0.25, 0.3) is 0 Å². The van der Waals surface area contributed by atoms with Crippen LogP contribution >= 0.6 is 0 Å². The molecule has 2 aromatic heterocycles. The van der Waals surface area contributed by atoms with Crippen molar-refractivity contribution < 1.29 is 4.42 Å². The van der Waals surface area contributed by atoms with Gasteiger partial charge in [-0.3, -0.25) is 4.98 Å². The maximum atomic E-state index is 5.45. The highest BCUT2D eigenvalue weighted by Gasteiger charge is 2.15. The average molecular weight is 230 g/mol. The van der Waals surface area contributed by atoms with E-state index in [1.54, 1.807) is 12.5 Å². The fourth-order valence-corrected chi connectivity index (χ4v) is 1.92. The molecule has 0 aliphatic carbocycles. The van der Waals surface area contributed by atoms with E-state index in [9.17, 15) is 0 Å². The molecule has 90 valence electrons. The molecule has 3 heteroatoms. The SMILES string of the molecule is CCC(N[C@@H](C)c1cccnc1)c1ccco1. The second kappa shape index (κ2) is 5.64. The van der Waals surface area contributed by atoms with Gasteiger partial charge in [-0.1, -0.05) is 13.0 Å². The summed E-state index contributed by atoms with van der Waals surface area (Å²) in [4.78, 5) is 4.14. The lowest BCUT2D eigenvalue weighted by Gasteiger charge is -2.20. The third-order valence-corrected chi connectivity index (χ3v) is 2.93. The number of hydrogen-bond acceptors (Lipinski definition) is 3. The molecule has 0 fully saturated rings. The highest BCUT2D eigenvalue weighted by molar-refractivity contribution is 5.14. The summed E-state index contributed by atoms with van der Waals surface area (Å²) >= 11 is 0. The summed E-state index contributed by atoms with van der Waals surface area (Å²) in [6.45, 7) is 4.29. The average Bonchev–Trinajstić information content (AvgIpc) is 2.90. The summed E-state index contributed by atoms with van der Waals surface area (Å²) in [5.41, 5.74) is 1.19. The first-order chi connectivity index (χ1) is 8.31. The molecule has 0 saturated carbocycles. The van der Waals surface area contributed by atoms with Gasteiger partial charge < -0.3 is 9.73 Å². The van der Waals surface area contributed by atoms with E-state index in [2.05, 4.69) is 30.2 Å². The molecule has 2 rings (SSSR count). The van der Waals surface area contributed by atoms with Crippen molar-refractivity contribution in [1.29, 1.82) is 0 Å². The zero-order valence-electron chi connectivity index (χ0n) is 10.3. The zero-order chi connectivity index (χ0) is 12.1. The van der Waals surface area contributed by atoms with Gasteiger partial charge in [-0.25, -0.2) is 0 Å². The second-order valence-corrected chi connectivity index (χ2v) is 4.15. The molecule has 1 N–H and O–H groups in total. The van der Waals surface area contributed by atoms with E-state index in [1.165, 1.54) is 5.56 Å². The lowest BCUT2D eigenvalue weighted by atomic mass is 10.1. The number of hydrogen-bond donors (Lipinski definition) is 1. The molecule has 0 bridgehead atoms. The molecule has 0 aromatic carbocycles. The fraction of sp³-hybridized carbons (Fsp3) is 0.357. The van der Waals surface area contributed by atoms with Crippen LogP contribution in [0, 0.1) is 0 Å². The van der Waals surface area contributed by atoms with Gasteiger partial charge in [-0.15, -0.1) is 0 Å². The fourth-order valence-electron chi connectivity index (χ4n) is 1.92. The Kier molecular flexibility index (Phi) is 3.94. The van der Waals surface area contributed by atoms with E-state index >= 15 is 0 Å². The van der Waals surface area contributed by atoms with Crippen molar-refractivity contribution in [3.05, 3.63) is 54.2 Å². The molecule has 0 amide bonds. The predicted octanol–water partition coefficient (Wildman–Crippen LogP) is 3.48. The normalized spacial score (nSPS) is 14.5. The molecule has 0 aliphatic rings. The quantitative estimate of drug-likeness (QED) is 0.854. The molecule has 0 saturated heterocycles. The van der Waals surface area contributed by atoms with Gasteiger partial charge in [0.05, 0.1) is 12.3 Å². The smallest absolute Gasteiger partial charge is 0.120 e. The molecule has 3 nitrogen and oxygen atoms in total. The molecule has 2 heterocycles. The first-order valence-corrected chi connectivity index (χ1v) is 6.00. The second-order valence-electron chi connectivity index (χ2n) is 4.15.